The lowest BCUT2D eigenvalue weighted by molar-refractivity contribution is -0.491. The van der Waals surface area contributed by atoms with Gasteiger partial charge in [0.2, 0.25) is 6.54 Å². The monoisotopic (exact) mass is 226 g/mol. The zero-order valence-electron chi connectivity index (χ0n) is 8.09. The summed E-state index contributed by atoms with van der Waals surface area (Å²) < 4.78 is 37.1. The summed E-state index contributed by atoms with van der Waals surface area (Å²) in [5.41, 5.74) is 0. The highest BCUT2D eigenvalue weighted by atomic mass is 19.4. The van der Waals surface area contributed by atoms with Crippen molar-refractivity contribution in [1.29, 1.82) is 0 Å². The van der Waals surface area contributed by atoms with E-state index >= 15 is 0 Å². The fraction of sp³-hybridized carbons (Fsp3) is 1.00. The minimum atomic E-state index is -4.55. The number of nitrogens with one attached hydrogen (secondary N) is 1. The van der Waals surface area contributed by atoms with E-state index < -0.39 is 23.7 Å². The Morgan fingerprint density at radius 2 is 1.93 bits per heavy atom. The van der Waals surface area contributed by atoms with E-state index in [1.54, 1.807) is 0 Å². The van der Waals surface area contributed by atoms with Gasteiger partial charge in [0.05, 0.1) is 0 Å². The fourth-order valence-corrected chi connectivity index (χ4v) is 1.78. The largest absolute Gasteiger partial charge is 0.410 e. The molecule has 7 heteroatoms. The van der Waals surface area contributed by atoms with E-state index in [1.165, 1.54) is 0 Å². The molecular formula is C8H13F3N2O2. The molecule has 1 saturated carbocycles. The second-order valence-electron chi connectivity index (χ2n) is 3.76. The highest BCUT2D eigenvalue weighted by Crippen LogP contribution is 2.24. The summed E-state index contributed by atoms with van der Waals surface area (Å²) in [6, 6.07) is -2.24. The predicted molar refractivity (Wildman–Crippen MR) is 47.1 cm³/mol. The first-order chi connectivity index (χ1) is 6.89. The second kappa shape index (κ2) is 4.78. The van der Waals surface area contributed by atoms with E-state index in [0.717, 1.165) is 12.8 Å². The first-order valence-electron chi connectivity index (χ1n) is 4.84. The van der Waals surface area contributed by atoms with Gasteiger partial charge >= 0.3 is 6.18 Å². The first-order valence-corrected chi connectivity index (χ1v) is 4.84. The zero-order chi connectivity index (χ0) is 11.5. The van der Waals surface area contributed by atoms with Gasteiger partial charge in [-0.2, -0.15) is 13.2 Å². The summed E-state index contributed by atoms with van der Waals surface area (Å²) in [7, 11) is 0. The summed E-state index contributed by atoms with van der Waals surface area (Å²) in [5.74, 6) is 0. The molecule has 88 valence electrons. The molecule has 0 amide bonds. The fourth-order valence-electron chi connectivity index (χ4n) is 1.78. The molecule has 0 aromatic carbocycles. The lowest BCUT2D eigenvalue weighted by Crippen LogP contribution is -2.50. The quantitative estimate of drug-likeness (QED) is 0.586. The molecular weight excluding hydrogens is 213 g/mol. The Balaban J connectivity index is 2.51. The van der Waals surface area contributed by atoms with Gasteiger partial charge in [-0.05, 0) is 12.8 Å². The minimum absolute atomic E-state index is 0.225. The van der Waals surface area contributed by atoms with Crippen LogP contribution in [0, 0.1) is 10.1 Å². The van der Waals surface area contributed by atoms with E-state index in [0.29, 0.717) is 12.8 Å². The molecule has 0 aromatic heterocycles. The van der Waals surface area contributed by atoms with Crippen molar-refractivity contribution in [3.05, 3.63) is 10.1 Å². The third-order valence-corrected chi connectivity index (χ3v) is 2.52. The van der Waals surface area contributed by atoms with Crippen LogP contribution in [0.25, 0.3) is 0 Å². The maximum absolute atomic E-state index is 12.4. The number of alkyl halides is 3. The molecule has 1 fully saturated rings. The van der Waals surface area contributed by atoms with Crippen molar-refractivity contribution in [3.8, 4) is 0 Å². The van der Waals surface area contributed by atoms with Gasteiger partial charge in [0.15, 0.2) is 6.04 Å². The smallest absolute Gasteiger partial charge is 0.298 e. The molecule has 4 nitrogen and oxygen atoms in total. The van der Waals surface area contributed by atoms with Gasteiger partial charge < -0.3 is 0 Å². The third-order valence-electron chi connectivity index (χ3n) is 2.52. The lowest BCUT2D eigenvalue weighted by Gasteiger charge is -2.21. The Morgan fingerprint density at radius 3 is 2.33 bits per heavy atom. The number of hydrogen-bond acceptors (Lipinski definition) is 3. The van der Waals surface area contributed by atoms with Gasteiger partial charge in [-0.3, -0.25) is 15.4 Å². The van der Waals surface area contributed by atoms with Crippen LogP contribution < -0.4 is 5.32 Å². The summed E-state index contributed by atoms with van der Waals surface area (Å²) in [4.78, 5) is 9.17. The molecule has 0 radical (unpaired) electrons. The van der Waals surface area contributed by atoms with Crippen LogP contribution in [-0.4, -0.2) is 29.7 Å². The van der Waals surface area contributed by atoms with E-state index in [9.17, 15) is 23.3 Å². The lowest BCUT2D eigenvalue weighted by atomic mass is 10.2. The van der Waals surface area contributed by atoms with Gasteiger partial charge in [0.25, 0.3) is 0 Å². The number of hydrogen-bond donors (Lipinski definition) is 1. The highest BCUT2D eigenvalue weighted by Gasteiger charge is 2.44. The van der Waals surface area contributed by atoms with E-state index in [2.05, 4.69) is 5.32 Å². The summed E-state index contributed by atoms with van der Waals surface area (Å²) in [6.07, 6.45) is -1.42. The molecule has 1 unspecified atom stereocenters. The average Bonchev–Trinajstić information content (AvgIpc) is 2.53. The van der Waals surface area contributed by atoms with Crippen LogP contribution in [-0.2, 0) is 0 Å². The van der Waals surface area contributed by atoms with Gasteiger partial charge in [0.1, 0.15) is 0 Å². The normalized spacial score (nSPS) is 20.5. The highest BCUT2D eigenvalue weighted by molar-refractivity contribution is 4.82. The topological polar surface area (TPSA) is 55.2 Å². The molecule has 0 spiro atoms. The second-order valence-corrected chi connectivity index (χ2v) is 3.76. The van der Waals surface area contributed by atoms with Crippen molar-refractivity contribution in [2.24, 2.45) is 0 Å². The van der Waals surface area contributed by atoms with Gasteiger partial charge in [-0.15, -0.1) is 0 Å². The van der Waals surface area contributed by atoms with Crippen molar-refractivity contribution in [2.75, 3.05) is 6.54 Å². The Bertz CT molecular complexity index is 226. The molecule has 1 N–H and O–H groups in total. The standard InChI is InChI=1S/C8H13F3N2O2/c9-8(10,11)7(5-13(14)15)12-6-3-1-2-4-6/h6-7,12H,1-5H2. The predicted octanol–water partition coefficient (Wildman–Crippen LogP) is 1.73. The van der Waals surface area contributed by atoms with E-state index in [-0.39, 0.29) is 6.04 Å². The number of halogens is 3. The minimum Gasteiger partial charge on any atom is -0.298 e. The van der Waals surface area contributed by atoms with Crippen LogP contribution in [0.1, 0.15) is 25.7 Å². The van der Waals surface area contributed by atoms with Crippen molar-refractivity contribution in [2.45, 2.75) is 43.9 Å². The number of rotatable bonds is 4. The summed E-state index contributed by atoms with van der Waals surface area (Å²) in [6.45, 7) is -1.10. The SMILES string of the molecule is O=[N+]([O-])CC(NC1CCCC1)C(F)(F)F. The Hall–Kier alpha value is -0.850. The first kappa shape index (κ1) is 12.2. The van der Waals surface area contributed by atoms with Crippen LogP contribution in [0.3, 0.4) is 0 Å². The van der Waals surface area contributed by atoms with Crippen LogP contribution in [0.2, 0.25) is 0 Å². The van der Waals surface area contributed by atoms with Crippen molar-refractivity contribution in [3.63, 3.8) is 0 Å². The Kier molecular flexibility index (Phi) is 3.90. The summed E-state index contributed by atoms with van der Waals surface area (Å²) >= 11 is 0. The van der Waals surface area contributed by atoms with Crippen LogP contribution in [0.15, 0.2) is 0 Å². The molecule has 0 aromatic rings. The van der Waals surface area contributed by atoms with Gasteiger partial charge in [0, 0.05) is 11.0 Å². The third kappa shape index (κ3) is 4.03. The molecule has 0 aliphatic heterocycles. The van der Waals surface area contributed by atoms with Crippen molar-refractivity contribution in [1.82, 2.24) is 5.32 Å². The molecule has 0 bridgehead atoms. The van der Waals surface area contributed by atoms with Crippen molar-refractivity contribution >= 4 is 0 Å². The maximum Gasteiger partial charge on any atom is 0.410 e. The molecule has 15 heavy (non-hydrogen) atoms. The van der Waals surface area contributed by atoms with Crippen LogP contribution in [0.5, 0.6) is 0 Å². The molecule has 0 heterocycles. The van der Waals surface area contributed by atoms with Crippen molar-refractivity contribution < 1.29 is 18.1 Å². The Morgan fingerprint density at radius 1 is 1.40 bits per heavy atom. The van der Waals surface area contributed by atoms with Crippen LogP contribution in [0.4, 0.5) is 13.2 Å². The summed E-state index contributed by atoms with van der Waals surface area (Å²) in [5, 5.41) is 12.4. The molecule has 0 saturated heterocycles. The molecule has 1 aliphatic rings. The van der Waals surface area contributed by atoms with Crippen LogP contribution >= 0.6 is 0 Å². The van der Waals surface area contributed by atoms with E-state index in [1.807, 2.05) is 0 Å². The van der Waals surface area contributed by atoms with Gasteiger partial charge in [-0.1, -0.05) is 12.8 Å². The average molecular weight is 226 g/mol. The van der Waals surface area contributed by atoms with Gasteiger partial charge in [-0.25, -0.2) is 0 Å². The van der Waals surface area contributed by atoms with E-state index in [4.69, 9.17) is 0 Å². The molecule has 1 aliphatic carbocycles. The zero-order valence-corrected chi connectivity index (χ0v) is 8.09. The number of nitrogens with zero attached hydrogens (tertiary/aromatic N) is 1. The maximum atomic E-state index is 12.4. The molecule has 1 rings (SSSR count). The Labute approximate surface area is 85.0 Å². The molecule has 1 atom stereocenters. The number of nitro groups is 1.